The van der Waals surface area contributed by atoms with Gasteiger partial charge in [-0.1, -0.05) is 65.0 Å². The summed E-state index contributed by atoms with van der Waals surface area (Å²) in [5, 5.41) is 4.38. The molecule has 0 aliphatic heterocycles. The Bertz CT molecular complexity index is 418. The zero-order chi connectivity index (χ0) is 14.7. The standard InChI is InChI=1S/C13H16N2.2C2H6/c1-3-12-9-14-15(10-12)11(2)13-7-5-4-6-8-13;2*1-2/h4-11H,3H2,1-2H3;2*1-2H3. The summed E-state index contributed by atoms with van der Waals surface area (Å²) in [7, 11) is 0. The van der Waals surface area contributed by atoms with Gasteiger partial charge in [0.25, 0.3) is 0 Å². The molecule has 0 radical (unpaired) electrons. The van der Waals surface area contributed by atoms with E-state index in [-0.39, 0.29) is 0 Å². The molecule has 106 valence electrons. The zero-order valence-electron chi connectivity index (χ0n) is 13.2. The first-order chi connectivity index (χ1) is 9.31. The second-order valence-corrected chi connectivity index (χ2v) is 3.77. The molecule has 2 heteroatoms. The molecule has 0 bridgehead atoms. The van der Waals surface area contributed by atoms with E-state index in [4.69, 9.17) is 0 Å². The Labute approximate surface area is 118 Å². The van der Waals surface area contributed by atoms with Gasteiger partial charge >= 0.3 is 0 Å². The Kier molecular flexibility index (Phi) is 9.51. The van der Waals surface area contributed by atoms with Gasteiger partial charge in [0, 0.05) is 6.20 Å². The smallest absolute Gasteiger partial charge is 0.0740 e. The monoisotopic (exact) mass is 260 g/mol. The molecule has 0 saturated heterocycles. The largest absolute Gasteiger partial charge is 0.265 e. The van der Waals surface area contributed by atoms with Gasteiger partial charge in [-0.05, 0) is 24.5 Å². The van der Waals surface area contributed by atoms with Crippen LogP contribution in [-0.2, 0) is 6.42 Å². The normalized spacial score (nSPS) is 10.6. The third-order valence-corrected chi connectivity index (χ3v) is 2.74. The van der Waals surface area contributed by atoms with Crippen LogP contribution in [-0.4, -0.2) is 9.78 Å². The molecular weight excluding hydrogens is 232 g/mol. The van der Waals surface area contributed by atoms with E-state index in [0.717, 1.165) is 6.42 Å². The van der Waals surface area contributed by atoms with Crippen LogP contribution in [0.2, 0.25) is 0 Å². The first-order valence-electron chi connectivity index (χ1n) is 7.39. The topological polar surface area (TPSA) is 17.8 Å². The average molecular weight is 260 g/mol. The minimum Gasteiger partial charge on any atom is -0.265 e. The summed E-state index contributed by atoms with van der Waals surface area (Å²) in [6, 6.07) is 10.8. The second kappa shape index (κ2) is 10.4. The van der Waals surface area contributed by atoms with Crippen molar-refractivity contribution in [2.75, 3.05) is 0 Å². The number of aromatic nitrogens is 2. The van der Waals surface area contributed by atoms with Crippen molar-refractivity contribution in [2.45, 2.75) is 54.0 Å². The van der Waals surface area contributed by atoms with E-state index < -0.39 is 0 Å². The second-order valence-electron chi connectivity index (χ2n) is 3.77. The van der Waals surface area contributed by atoms with Crippen LogP contribution in [0, 0.1) is 0 Å². The first kappa shape index (κ1) is 17.4. The molecule has 0 N–H and O–H groups in total. The summed E-state index contributed by atoms with van der Waals surface area (Å²) in [5.74, 6) is 0. The molecule has 1 atom stereocenters. The van der Waals surface area contributed by atoms with E-state index in [9.17, 15) is 0 Å². The molecule has 0 spiro atoms. The zero-order valence-corrected chi connectivity index (χ0v) is 13.2. The molecule has 19 heavy (non-hydrogen) atoms. The van der Waals surface area contributed by atoms with Crippen molar-refractivity contribution >= 4 is 0 Å². The SMILES string of the molecule is CC.CC.CCc1cnn(C(C)c2ccccc2)c1. The fourth-order valence-electron chi connectivity index (χ4n) is 1.66. The number of hydrogen-bond acceptors (Lipinski definition) is 1. The van der Waals surface area contributed by atoms with Gasteiger partial charge in [0.2, 0.25) is 0 Å². The minimum absolute atomic E-state index is 0.312. The summed E-state index contributed by atoms with van der Waals surface area (Å²) in [6.07, 6.45) is 5.11. The number of nitrogens with zero attached hydrogens (tertiary/aromatic N) is 2. The van der Waals surface area contributed by atoms with Crippen LogP contribution in [0.4, 0.5) is 0 Å². The van der Waals surface area contributed by atoms with E-state index in [1.54, 1.807) is 0 Å². The van der Waals surface area contributed by atoms with Crippen molar-refractivity contribution in [3.8, 4) is 0 Å². The van der Waals surface area contributed by atoms with Crippen molar-refractivity contribution < 1.29 is 0 Å². The van der Waals surface area contributed by atoms with Crippen molar-refractivity contribution in [2.24, 2.45) is 0 Å². The van der Waals surface area contributed by atoms with Gasteiger partial charge in [0.05, 0.1) is 12.2 Å². The lowest BCUT2D eigenvalue weighted by Gasteiger charge is -2.11. The Hall–Kier alpha value is -1.57. The lowest BCUT2D eigenvalue weighted by Crippen LogP contribution is -2.06. The summed E-state index contributed by atoms with van der Waals surface area (Å²) < 4.78 is 2.02. The number of hydrogen-bond donors (Lipinski definition) is 0. The van der Waals surface area contributed by atoms with Crippen LogP contribution in [0.5, 0.6) is 0 Å². The summed E-state index contributed by atoms with van der Waals surface area (Å²) in [4.78, 5) is 0. The van der Waals surface area contributed by atoms with Gasteiger partial charge in [-0.3, -0.25) is 4.68 Å². The Balaban J connectivity index is 0.000000741. The fraction of sp³-hybridized carbons (Fsp3) is 0.471. The highest BCUT2D eigenvalue weighted by Gasteiger charge is 2.07. The van der Waals surface area contributed by atoms with Crippen molar-refractivity contribution in [3.63, 3.8) is 0 Å². The van der Waals surface area contributed by atoms with Crippen LogP contribution in [0.15, 0.2) is 42.7 Å². The molecule has 2 rings (SSSR count). The predicted octanol–water partition coefficient (Wildman–Crippen LogP) is 5.11. The molecule has 2 aromatic rings. The van der Waals surface area contributed by atoms with E-state index in [2.05, 4.69) is 49.4 Å². The van der Waals surface area contributed by atoms with Gasteiger partial charge in [-0.2, -0.15) is 5.10 Å². The summed E-state index contributed by atoms with van der Waals surface area (Å²) in [5.41, 5.74) is 2.58. The Morgan fingerprint density at radius 1 is 1.05 bits per heavy atom. The maximum Gasteiger partial charge on any atom is 0.0740 e. The highest BCUT2D eigenvalue weighted by atomic mass is 15.3. The minimum atomic E-state index is 0.312. The van der Waals surface area contributed by atoms with Crippen molar-refractivity contribution in [1.82, 2.24) is 9.78 Å². The van der Waals surface area contributed by atoms with E-state index in [1.807, 2.05) is 44.6 Å². The summed E-state index contributed by atoms with van der Waals surface area (Å²) >= 11 is 0. The first-order valence-corrected chi connectivity index (χ1v) is 7.39. The van der Waals surface area contributed by atoms with Gasteiger partial charge in [-0.25, -0.2) is 0 Å². The number of benzene rings is 1. The number of aryl methyl sites for hydroxylation is 1. The predicted molar refractivity (Wildman–Crippen MR) is 84.6 cm³/mol. The highest BCUT2D eigenvalue weighted by Crippen LogP contribution is 2.16. The fourth-order valence-corrected chi connectivity index (χ4v) is 1.66. The van der Waals surface area contributed by atoms with E-state index >= 15 is 0 Å². The molecular formula is C17H28N2. The van der Waals surface area contributed by atoms with Crippen LogP contribution in [0.25, 0.3) is 0 Å². The third kappa shape index (κ3) is 5.29. The van der Waals surface area contributed by atoms with Gasteiger partial charge in [-0.15, -0.1) is 0 Å². The molecule has 1 heterocycles. The van der Waals surface area contributed by atoms with Crippen LogP contribution in [0.3, 0.4) is 0 Å². The number of rotatable bonds is 3. The molecule has 1 unspecified atom stereocenters. The molecule has 0 amide bonds. The van der Waals surface area contributed by atoms with Crippen LogP contribution < -0.4 is 0 Å². The van der Waals surface area contributed by atoms with Gasteiger partial charge < -0.3 is 0 Å². The third-order valence-electron chi connectivity index (χ3n) is 2.74. The van der Waals surface area contributed by atoms with Gasteiger partial charge in [0.1, 0.15) is 0 Å². The van der Waals surface area contributed by atoms with Crippen molar-refractivity contribution in [3.05, 3.63) is 53.9 Å². The van der Waals surface area contributed by atoms with Gasteiger partial charge in [0.15, 0.2) is 0 Å². The molecule has 0 aliphatic rings. The quantitative estimate of drug-likeness (QED) is 0.750. The summed E-state index contributed by atoms with van der Waals surface area (Å²) in [6.45, 7) is 12.3. The molecule has 1 aromatic heterocycles. The molecule has 0 fully saturated rings. The average Bonchev–Trinajstić information content (AvgIpc) is 3.00. The Morgan fingerprint density at radius 2 is 1.63 bits per heavy atom. The maximum atomic E-state index is 4.38. The van der Waals surface area contributed by atoms with Crippen LogP contribution in [0.1, 0.15) is 58.7 Å². The molecule has 2 nitrogen and oxygen atoms in total. The van der Waals surface area contributed by atoms with Crippen LogP contribution >= 0.6 is 0 Å². The molecule has 0 aliphatic carbocycles. The lowest BCUT2D eigenvalue weighted by molar-refractivity contribution is 0.564. The van der Waals surface area contributed by atoms with E-state index in [0.29, 0.717) is 6.04 Å². The van der Waals surface area contributed by atoms with E-state index in [1.165, 1.54) is 11.1 Å². The molecule has 1 aromatic carbocycles. The Morgan fingerprint density at radius 3 is 2.11 bits per heavy atom. The lowest BCUT2D eigenvalue weighted by atomic mass is 10.1. The molecule has 0 saturated carbocycles. The van der Waals surface area contributed by atoms with Crippen molar-refractivity contribution in [1.29, 1.82) is 0 Å². The maximum absolute atomic E-state index is 4.38. The highest BCUT2D eigenvalue weighted by molar-refractivity contribution is 5.19.